The Morgan fingerprint density at radius 1 is 0.703 bits per heavy atom. The minimum absolute atomic E-state index is 0.0684. The molecule has 5 aromatic carbocycles. The molecule has 0 spiro atoms. The van der Waals surface area contributed by atoms with Crippen molar-refractivity contribution < 1.29 is 18.3 Å². The first-order valence-corrected chi connectivity index (χ1v) is 22.5. The number of rotatable bonds is 12. The van der Waals surface area contributed by atoms with Crippen LogP contribution < -0.4 is 31.0 Å². The van der Waals surface area contributed by atoms with Gasteiger partial charge in [-0.05, 0) is 137 Å². The molecule has 2 aromatic heterocycles. The van der Waals surface area contributed by atoms with E-state index >= 15 is 8.78 Å². The number of nitrogen functional groups attached to an aromatic ring is 1. The number of ether oxygens (including phenoxy) is 2. The molecular formula is C49H49Cl2F2N9O2. The first kappa shape index (κ1) is 43.4. The second-order valence-corrected chi connectivity index (χ2v) is 17.2. The van der Waals surface area contributed by atoms with Crippen LogP contribution in [-0.2, 0) is 6.54 Å². The largest absolute Gasteiger partial charge is 0.492 e. The summed E-state index contributed by atoms with van der Waals surface area (Å²) in [5.41, 5.74) is 10.8. The number of benzene rings is 5. The van der Waals surface area contributed by atoms with Crippen LogP contribution >= 0.6 is 23.2 Å². The van der Waals surface area contributed by atoms with E-state index in [1.54, 1.807) is 71.7 Å². The second kappa shape index (κ2) is 18.7. The number of hydrogen-bond acceptors (Lipinski definition) is 11. The maximum atomic E-state index is 15.6. The third-order valence-electron chi connectivity index (χ3n) is 12.4. The van der Waals surface area contributed by atoms with Crippen molar-refractivity contribution in [1.29, 1.82) is 0 Å². The van der Waals surface area contributed by atoms with E-state index in [1.165, 1.54) is 12.1 Å². The molecule has 2 aliphatic heterocycles. The zero-order valence-corrected chi connectivity index (χ0v) is 37.2. The number of nitrogens with two attached hydrogens (primary N) is 2. The molecule has 2 unspecified atom stereocenters. The number of hydrazine groups is 1. The van der Waals surface area contributed by atoms with Gasteiger partial charge >= 0.3 is 0 Å². The zero-order valence-electron chi connectivity index (χ0n) is 35.7. The van der Waals surface area contributed by atoms with Crippen LogP contribution in [0, 0.1) is 17.6 Å². The fourth-order valence-electron chi connectivity index (χ4n) is 9.28. The third kappa shape index (κ3) is 8.82. The predicted molar refractivity (Wildman–Crippen MR) is 252 cm³/mol. The molecule has 64 heavy (non-hydrogen) atoms. The summed E-state index contributed by atoms with van der Waals surface area (Å²) < 4.78 is 42.7. The van der Waals surface area contributed by atoms with Crippen LogP contribution in [0.2, 0.25) is 10.0 Å². The number of fused-ring (bicyclic) bond motifs is 2. The molecule has 11 nitrogen and oxygen atoms in total. The summed E-state index contributed by atoms with van der Waals surface area (Å²) in [6, 6.07) is 27.7. The van der Waals surface area contributed by atoms with Crippen molar-refractivity contribution in [2.24, 2.45) is 11.8 Å². The van der Waals surface area contributed by atoms with Gasteiger partial charge in [-0.25, -0.2) is 34.6 Å². The summed E-state index contributed by atoms with van der Waals surface area (Å²) in [5.74, 6) is 8.55. The van der Waals surface area contributed by atoms with Crippen molar-refractivity contribution in [2.45, 2.75) is 58.2 Å². The molecule has 0 aliphatic carbocycles. The lowest BCUT2D eigenvalue weighted by Gasteiger charge is -2.47. The van der Waals surface area contributed by atoms with Crippen LogP contribution in [0.25, 0.3) is 44.3 Å². The number of piperidine rings is 2. The van der Waals surface area contributed by atoms with E-state index in [0.29, 0.717) is 117 Å². The Hall–Kier alpha value is -5.86. The van der Waals surface area contributed by atoms with E-state index in [4.69, 9.17) is 64.2 Å². The fourth-order valence-corrected chi connectivity index (χ4v) is 9.62. The SMILES string of the molecule is CCOc1cc(CN2CCC(C3CC(N(N)c4nc(-c5ccccc5F)c5cc(Cl)ccc5n4)CCN3c3nc(-c4ccccc4F)c4cc(Cl)ccc4n3)CC2)cc(OCC)c1N. The van der Waals surface area contributed by atoms with Gasteiger partial charge < -0.3 is 20.1 Å². The van der Waals surface area contributed by atoms with E-state index < -0.39 is 5.82 Å². The normalized spacial score (nSPS) is 17.3. The van der Waals surface area contributed by atoms with Crippen LogP contribution in [0.4, 0.5) is 26.4 Å². The molecule has 0 amide bonds. The van der Waals surface area contributed by atoms with Crippen molar-refractivity contribution in [1.82, 2.24) is 24.8 Å². The minimum atomic E-state index is -0.412. The maximum absolute atomic E-state index is 15.6. The fraction of sp³-hybridized carbons (Fsp3) is 0.306. The van der Waals surface area contributed by atoms with Gasteiger partial charge in [-0.2, -0.15) is 0 Å². The quantitative estimate of drug-likeness (QED) is 0.0690. The molecule has 4 N–H and O–H groups in total. The Kier molecular flexibility index (Phi) is 12.7. The Morgan fingerprint density at radius 2 is 1.27 bits per heavy atom. The zero-order chi connectivity index (χ0) is 44.5. The number of nitrogens with zero attached hydrogens (tertiary/aromatic N) is 7. The van der Waals surface area contributed by atoms with Crippen molar-refractivity contribution in [3.05, 3.63) is 124 Å². The molecule has 9 rings (SSSR count). The first-order valence-electron chi connectivity index (χ1n) is 21.7. The van der Waals surface area contributed by atoms with Crippen LogP contribution in [0.15, 0.2) is 97.1 Å². The predicted octanol–water partition coefficient (Wildman–Crippen LogP) is 10.5. The van der Waals surface area contributed by atoms with Gasteiger partial charge in [-0.3, -0.25) is 9.91 Å². The lowest BCUT2D eigenvalue weighted by molar-refractivity contribution is 0.148. The van der Waals surface area contributed by atoms with Crippen molar-refractivity contribution in [3.8, 4) is 34.0 Å². The van der Waals surface area contributed by atoms with E-state index in [1.807, 2.05) is 32.0 Å². The first-order chi connectivity index (χ1) is 31.1. The number of anilines is 3. The van der Waals surface area contributed by atoms with Gasteiger partial charge in [0.25, 0.3) is 0 Å². The molecule has 0 radical (unpaired) electrons. The van der Waals surface area contributed by atoms with Gasteiger partial charge in [0.1, 0.15) is 28.8 Å². The third-order valence-corrected chi connectivity index (χ3v) is 12.9. The summed E-state index contributed by atoms with van der Waals surface area (Å²) in [6.07, 6.45) is 3.01. The standard InChI is InChI=1S/C49H49Cl2F2N9O2/c1-3-63-43-23-29(24-44(45(43)54)64-4-2)28-60-20-17-30(18-21-60)42-27-33(62(55)49-57-41-16-14-32(51)26-37(41)47(59-49)35-10-6-8-12-39(35)53)19-22-61(42)48-56-40-15-13-31(50)25-36(40)46(58-48)34-9-5-7-11-38(34)52/h5-16,23-26,30,33,42H,3-4,17-22,27-28,54-55H2,1-2H3. The molecular weight excluding hydrogens is 856 g/mol. The highest BCUT2D eigenvalue weighted by atomic mass is 35.5. The maximum Gasteiger partial charge on any atom is 0.241 e. The van der Waals surface area contributed by atoms with Crippen molar-refractivity contribution in [2.75, 3.05) is 48.5 Å². The monoisotopic (exact) mass is 903 g/mol. The van der Waals surface area contributed by atoms with E-state index in [9.17, 15) is 0 Å². The molecule has 2 atom stereocenters. The van der Waals surface area contributed by atoms with Crippen molar-refractivity contribution >= 4 is 62.6 Å². The van der Waals surface area contributed by atoms with Gasteiger partial charge in [0.2, 0.25) is 11.9 Å². The Morgan fingerprint density at radius 3 is 1.84 bits per heavy atom. The van der Waals surface area contributed by atoms with E-state index in [0.717, 1.165) is 31.5 Å². The Labute approximate surface area is 380 Å². The Balaban J connectivity index is 1.06. The van der Waals surface area contributed by atoms with Crippen LogP contribution in [0.1, 0.15) is 45.1 Å². The van der Waals surface area contributed by atoms with Gasteiger partial charge in [-0.15, -0.1) is 0 Å². The van der Waals surface area contributed by atoms with Gasteiger partial charge in [0.05, 0.1) is 41.7 Å². The molecule has 0 bridgehead atoms. The Bertz CT molecular complexity index is 2800. The summed E-state index contributed by atoms with van der Waals surface area (Å²) in [7, 11) is 0. The molecule has 15 heteroatoms. The van der Waals surface area contributed by atoms with Gasteiger partial charge in [0, 0.05) is 51.1 Å². The molecule has 7 aromatic rings. The molecule has 0 saturated carbocycles. The summed E-state index contributed by atoms with van der Waals surface area (Å²) >= 11 is 12.9. The highest BCUT2D eigenvalue weighted by Gasteiger charge is 2.40. The lowest BCUT2D eigenvalue weighted by atomic mass is 9.82. The smallest absolute Gasteiger partial charge is 0.241 e. The molecule has 2 fully saturated rings. The topological polar surface area (TPSA) is 132 Å². The number of aromatic nitrogens is 4. The summed E-state index contributed by atoms with van der Waals surface area (Å²) in [5, 5.41) is 3.92. The van der Waals surface area contributed by atoms with Gasteiger partial charge in [0.15, 0.2) is 0 Å². The average Bonchev–Trinajstić information content (AvgIpc) is 3.30. The molecule has 2 saturated heterocycles. The van der Waals surface area contributed by atoms with Crippen LogP contribution in [-0.4, -0.2) is 69.8 Å². The highest BCUT2D eigenvalue weighted by molar-refractivity contribution is 6.31. The van der Waals surface area contributed by atoms with E-state index in [-0.39, 0.29) is 29.8 Å². The lowest BCUT2D eigenvalue weighted by Crippen LogP contribution is -2.56. The highest BCUT2D eigenvalue weighted by Crippen LogP contribution is 2.40. The van der Waals surface area contributed by atoms with Gasteiger partial charge in [-0.1, -0.05) is 47.5 Å². The molecule has 330 valence electrons. The number of halogens is 4. The number of hydrogen-bond donors (Lipinski definition) is 2. The van der Waals surface area contributed by atoms with Crippen LogP contribution in [0.5, 0.6) is 11.5 Å². The minimum Gasteiger partial charge on any atom is -0.492 e. The van der Waals surface area contributed by atoms with Crippen LogP contribution in [0.3, 0.4) is 0 Å². The second-order valence-electron chi connectivity index (χ2n) is 16.4. The summed E-state index contributed by atoms with van der Waals surface area (Å²) in [6.45, 7) is 7.80. The molecule has 4 heterocycles. The molecule has 2 aliphatic rings. The number of likely N-dealkylation sites (tertiary alicyclic amines) is 1. The van der Waals surface area contributed by atoms with E-state index in [2.05, 4.69) is 9.80 Å². The average molecular weight is 905 g/mol. The summed E-state index contributed by atoms with van der Waals surface area (Å²) in [4.78, 5) is 24.8. The van der Waals surface area contributed by atoms with Crippen molar-refractivity contribution in [3.63, 3.8) is 0 Å².